The molecule has 0 atom stereocenters. The van der Waals surface area contributed by atoms with Crippen molar-refractivity contribution in [3.63, 3.8) is 0 Å². The Morgan fingerprint density at radius 1 is 1.86 bits per heavy atom. The molecule has 1 saturated heterocycles. The molecule has 1 aliphatic rings. The SMILES string of the molecule is O=C1CSCN1O. The molecule has 3 nitrogen and oxygen atoms in total. The van der Waals surface area contributed by atoms with Crippen molar-refractivity contribution < 1.29 is 10.0 Å². The summed E-state index contributed by atoms with van der Waals surface area (Å²) in [5, 5.41) is 9.19. The summed E-state index contributed by atoms with van der Waals surface area (Å²) in [6.45, 7) is 0. The molecule has 1 rings (SSSR count). The van der Waals surface area contributed by atoms with Gasteiger partial charge < -0.3 is 0 Å². The number of nitrogens with zero attached hydrogens (tertiary/aromatic N) is 1. The number of carbonyl (C=O) groups excluding carboxylic acids is 1. The number of thioether (sulfide) groups is 1. The Bertz CT molecular complexity index is 94.9. The largest absolute Gasteiger partial charge is 0.285 e. The van der Waals surface area contributed by atoms with Crippen molar-refractivity contribution in [3.8, 4) is 0 Å². The molecule has 0 spiro atoms. The second kappa shape index (κ2) is 1.71. The van der Waals surface area contributed by atoms with E-state index in [1.165, 1.54) is 11.8 Å². The number of amides is 1. The van der Waals surface area contributed by atoms with Crippen LogP contribution >= 0.6 is 11.8 Å². The van der Waals surface area contributed by atoms with Gasteiger partial charge >= 0.3 is 0 Å². The van der Waals surface area contributed by atoms with Crippen LogP contribution in [0, 0.1) is 0 Å². The summed E-state index contributed by atoms with van der Waals surface area (Å²) in [4.78, 5) is 10.2. The van der Waals surface area contributed by atoms with Crippen molar-refractivity contribution in [2.24, 2.45) is 0 Å². The summed E-state index contributed by atoms with van der Waals surface area (Å²) in [7, 11) is 0. The van der Waals surface area contributed by atoms with Crippen LogP contribution in [0.5, 0.6) is 0 Å². The molecule has 7 heavy (non-hydrogen) atoms. The summed E-state index contributed by atoms with van der Waals surface area (Å²) < 4.78 is 0. The molecule has 0 unspecified atom stereocenters. The molecule has 0 aromatic carbocycles. The van der Waals surface area contributed by atoms with Crippen molar-refractivity contribution in [1.82, 2.24) is 5.06 Å². The third-order valence-corrected chi connectivity index (χ3v) is 1.61. The second-order valence-corrected chi connectivity index (χ2v) is 2.23. The first-order chi connectivity index (χ1) is 3.30. The lowest BCUT2D eigenvalue weighted by Gasteiger charge is -1.99. The summed E-state index contributed by atoms with van der Waals surface area (Å²) in [6, 6.07) is 0. The van der Waals surface area contributed by atoms with Gasteiger partial charge in [0.2, 0.25) is 0 Å². The van der Waals surface area contributed by atoms with E-state index in [1.54, 1.807) is 0 Å². The Morgan fingerprint density at radius 3 is 2.71 bits per heavy atom. The van der Waals surface area contributed by atoms with Gasteiger partial charge in [0.05, 0.1) is 11.6 Å². The highest BCUT2D eigenvalue weighted by atomic mass is 32.2. The lowest BCUT2D eigenvalue weighted by molar-refractivity contribution is -0.155. The molecule has 4 heteroatoms. The quantitative estimate of drug-likeness (QED) is 0.453. The van der Waals surface area contributed by atoms with Crippen LogP contribution in [-0.4, -0.2) is 27.8 Å². The normalized spacial score (nSPS) is 21.3. The number of carbonyl (C=O) groups is 1. The molecule has 0 bridgehead atoms. The maximum absolute atomic E-state index is 10.2. The Hall–Kier alpha value is -0.220. The topological polar surface area (TPSA) is 40.5 Å². The minimum atomic E-state index is -0.190. The summed E-state index contributed by atoms with van der Waals surface area (Å²) in [5.41, 5.74) is 0. The summed E-state index contributed by atoms with van der Waals surface area (Å²) in [5.74, 6) is 0.667. The zero-order valence-electron chi connectivity index (χ0n) is 3.63. The van der Waals surface area contributed by atoms with E-state index in [9.17, 15) is 4.79 Å². The average molecular weight is 119 g/mol. The third kappa shape index (κ3) is 0.863. The van der Waals surface area contributed by atoms with E-state index >= 15 is 0 Å². The first kappa shape index (κ1) is 4.93. The smallest absolute Gasteiger partial charge is 0.256 e. The number of hydroxylamine groups is 2. The molecular formula is C3H5NO2S. The Balaban J connectivity index is 2.48. The summed E-state index contributed by atoms with van der Waals surface area (Å²) >= 11 is 1.42. The zero-order valence-corrected chi connectivity index (χ0v) is 4.44. The summed E-state index contributed by atoms with van der Waals surface area (Å²) in [6.07, 6.45) is 0. The Morgan fingerprint density at radius 2 is 2.57 bits per heavy atom. The van der Waals surface area contributed by atoms with E-state index in [0.29, 0.717) is 11.6 Å². The minimum Gasteiger partial charge on any atom is -0.285 e. The molecule has 1 heterocycles. The van der Waals surface area contributed by atoms with Crippen molar-refractivity contribution in [2.75, 3.05) is 11.6 Å². The van der Waals surface area contributed by atoms with E-state index in [2.05, 4.69) is 0 Å². The molecule has 0 aromatic heterocycles. The van der Waals surface area contributed by atoms with Gasteiger partial charge in [0.25, 0.3) is 5.91 Å². The fourth-order valence-corrected chi connectivity index (χ4v) is 1.10. The van der Waals surface area contributed by atoms with Crippen LogP contribution in [0.25, 0.3) is 0 Å². The van der Waals surface area contributed by atoms with Gasteiger partial charge in [-0.2, -0.15) is 0 Å². The maximum Gasteiger partial charge on any atom is 0.256 e. The van der Waals surface area contributed by atoms with Gasteiger partial charge in [-0.15, -0.1) is 11.8 Å². The average Bonchev–Trinajstić information content (AvgIpc) is 1.91. The molecule has 0 radical (unpaired) electrons. The van der Waals surface area contributed by atoms with Crippen molar-refractivity contribution in [3.05, 3.63) is 0 Å². The van der Waals surface area contributed by atoms with Crippen LogP contribution in [0.3, 0.4) is 0 Å². The molecule has 1 aliphatic heterocycles. The third-order valence-electron chi connectivity index (χ3n) is 0.727. The first-order valence-corrected chi connectivity index (χ1v) is 3.03. The monoisotopic (exact) mass is 119 g/mol. The number of hydrogen-bond donors (Lipinski definition) is 1. The van der Waals surface area contributed by atoms with Crippen LogP contribution in [0.1, 0.15) is 0 Å². The molecule has 1 fully saturated rings. The van der Waals surface area contributed by atoms with Gasteiger partial charge in [0.1, 0.15) is 0 Å². The fraction of sp³-hybridized carbons (Fsp3) is 0.667. The van der Waals surface area contributed by atoms with Gasteiger partial charge in [0, 0.05) is 0 Å². The lowest BCUT2D eigenvalue weighted by atomic mass is 10.7. The van der Waals surface area contributed by atoms with E-state index in [-0.39, 0.29) is 5.91 Å². The maximum atomic E-state index is 10.2. The molecule has 40 valence electrons. The van der Waals surface area contributed by atoms with E-state index in [1.807, 2.05) is 0 Å². The number of hydrogen-bond acceptors (Lipinski definition) is 3. The van der Waals surface area contributed by atoms with Crippen molar-refractivity contribution in [2.45, 2.75) is 0 Å². The fourth-order valence-electron chi connectivity index (χ4n) is 0.366. The highest BCUT2D eigenvalue weighted by Gasteiger charge is 2.17. The van der Waals surface area contributed by atoms with Gasteiger partial charge in [-0.05, 0) is 0 Å². The Labute approximate surface area is 45.3 Å². The van der Waals surface area contributed by atoms with E-state index in [0.717, 1.165) is 5.06 Å². The molecular weight excluding hydrogens is 114 g/mol. The van der Waals surface area contributed by atoms with Gasteiger partial charge in [0.15, 0.2) is 0 Å². The van der Waals surface area contributed by atoms with Crippen LogP contribution in [0.15, 0.2) is 0 Å². The number of rotatable bonds is 0. The molecule has 0 aliphatic carbocycles. The zero-order chi connectivity index (χ0) is 5.28. The lowest BCUT2D eigenvalue weighted by Crippen LogP contribution is -2.20. The predicted molar refractivity (Wildman–Crippen MR) is 26.0 cm³/mol. The van der Waals surface area contributed by atoms with Crippen molar-refractivity contribution >= 4 is 17.7 Å². The second-order valence-electron chi connectivity index (χ2n) is 1.27. The van der Waals surface area contributed by atoms with Crippen LogP contribution in [0.2, 0.25) is 0 Å². The van der Waals surface area contributed by atoms with Crippen LogP contribution < -0.4 is 0 Å². The highest BCUT2D eigenvalue weighted by molar-refractivity contribution is 8.00. The molecule has 0 saturated carbocycles. The highest BCUT2D eigenvalue weighted by Crippen LogP contribution is 2.10. The molecule has 0 aromatic rings. The van der Waals surface area contributed by atoms with Crippen LogP contribution in [0.4, 0.5) is 0 Å². The minimum absolute atomic E-state index is 0.190. The van der Waals surface area contributed by atoms with Gasteiger partial charge in [-0.25, -0.2) is 5.06 Å². The Kier molecular flexibility index (Phi) is 1.21. The van der Waals surface area contributed by atoms with Crippen LogP contribution in [-0.2, 0) is 4.79 Å². The van der Waals surface area contributed by atoms with E-state index in [4.69, 9.17) is 5.21 Å². The molecule has 1 amide bonds. The van der Waals surface area contributed by atoms with E-state index < -0.39 is 0 Å². The van der Waals surface area contributed by atoms with Gasteiger partial charge in [-0.1, -0.05) is 0 Å². The predicted octanol–water partition coefficient (Wildman–Crippen LogP) is -0.0915. The standard InChI is InChI=1S/C3H5NO2S/c5-3-1-7-2-4(3)6/h6H,1-2H2. The van der Waals surface area contributed by atoms with Crippen molar-refractivity contribution in [1.29, 1.82) is 0 Å². The molecule has 1 N–H and O–H groups in total. The van der Waals surface area contributed by atoms with Gasteiger partial charge in [-0.3, -0.25) is 10.0 Å². The first-order valence-electron chi connectivity index (χ1n) is 1.87.